The van der Waals surface area contributed by atoms with E-state index in [0.29, 0.717) is 17.2 Å². The second-order valence-electron chi connectivity index (χ2n) is 7.30. The molecule has 4 aromatic rings. The molecule has 0 radical (unpaired) electrons. The Bertz CT molecular complexity index is 1220. The van der Waals surface area contributed by atoms with Crippen LogP contribution in [0.2, 0.25) is 0 Å². The van der Waals surface area contributed by atoms with Crippen LogP contribution >= 0.6 is 22.7 Å². The van der Waals surface area contributed by atoms with E-state index in [-0.39, 0.29) is 17.6 Å². The van der Waals surface area contributed by atoms with Crippen molar-refractivity contribution in [2.24, 2.45) is 5.92 Å². The number of aromatic nitrogens is 2. The maximum atomic E-state index is 14.0. The highest BCUT2D eigenvalue weighted by molar-refractivity contribution is 7.22. The first kappa shape index (κ1) is 18.4. The van der Waals surface area contributed by atoms with Gasteiger partial charge in [0.2, 0.25) is 5.91 Å². The summed E-state index contributed by atoms with van der Waals surface area (Å²) >= 11 is 2.97. The van der Waals surface area contributed by atoms with E-state index in [1.165, 1.54) is 28.7 Å². The number of carbonyl (C=O) groups excluding carboxylic acids is 1. The van der Waals surface area contributed by atoms with Crippen LogP contribution in [0.1, 0.15) is 18.4 Å². The van der Waals surface area contributed by atoms with Gasteiger partial charge in [-0.25, -0.2) is 14.4 Å². The van der Waals surface area contributed by atoms with Gasteiger partial charge >= 0.3 is 0 Å². The number of anilines is 2. The number of nitrogens with zero attached hydrogens (tertiary/aromatic N) is 3. The van der Waals surface area contributed by atoms with Gasteiger partial charge in [-0.05, 0) is 43.5 Å². The number of hydrogen-bond acceptors (Lipinski definition) is 6. The number of rotatable bonds is 3. The quantitative estimate of drug-likeness (QED) is 0.489. The van der Waals surface area contributed by atoms with Crippen molar-refractivity contribution in [2.45, 2.75) is 19.8 Å². The van der Waals surface area contributed by atoms with Crippen LogP contribution in [0.4, 0.5) is 14.7 Å². The second-order valence-corrected chi connectivity index (χ2v) is 9.34. The molecule has 2 aromatic carbocycles. The predicted molar refractivity (Wildman–Crippen MR) is 118 cm³/mol. The summed E-state index contributed by atoms with van der Waals surface area (Å²) in [6.07, 6.45) is 1.72. The van der Waals surface area contributed by atoms with Crippen LogP contribution in [0.3, 0.4) is 0 Å². The summed E-state index contributed by atoms with van der Waals surface area (Å²) in [7, 11) is 0. The number of thiazole rings is 2. The molecule has 0 spiro atoms. The Balaban J connectivity index is 1.33. The van der Waals surface area contributed by atoms with E-state index in [4.69, 9.17) is 0 Å². The fraction of sp³-hybridized carbons (Fsp3) is 0.286. The van der Waals surface area contributed by atoms with E-state index in [2.05, 4.69) is 20.2 Å². The molecule has 0 saturated carbocycles. The van der Waals surface area contributed by atoms with Gasteiger partial charge in [-0.3, -0.25) is 4.79 Å². The molecular weight excluding hydrogens is 407 g/mol. The fourth-order valence-corrected chi connectivity index (χ4v) is 5.71. The van der Waals surface area contributed by atoms with Crippen molar-refractivity contribution in [3.63, 3.8) is 0 Å². The molecule has 1 aliphatic rings. The van der Waals surface area contributed by atoms with Crippen molar-refractivity contribution in [1.82, 2.24) is 9.97 Å². The van der Waals surface area contributed by atoms with Gasteiger partial charge in [-0.2, -0.15) is 0 Å². The Hall–Kier alpha value is -2.58. The Morgan fingerprint density at radius 3 is 2.72 bits per heavy atom. The van der Waals surface area contributed by atoms with Gasteiger partial charge in [0.05, 0.1) is 20.8 Å². The summed E-state index contributed by atoms with van der Waals surface area (Å²) in [5.74, 6) is -0.463. The van der Waals surface area contributed by atoms with Crippen LogP contribution in [-0.2, 0) is 4.79 Å². The lowest BCUT2D eigenvalue weighted by molar-refractivity contribution is -0.120. The van der Waals surface area contributed by atoms with E-state index >= 15 is 0 Å². The van der Waals surface area contributed by atoms with Crippen molar-refractivity contribution in [2.75, 3.05) is 23.3 Å². The lowest BCUT2D eigenvalue weighted by Gasteiger charge is -2.31. The zero-order valence-electron chi connectivity index (χ0n) is 15.8. The first-order valence-electron chi connectivity index (χ1n) is 9.55. The van der Waals surface area contributed by atoms with Crippen molar-refractivity contribution in [3.05, 3.63) is 47.8 Å². The molecule has 1 unspecified atom stereocenters. The molecule has 1 saturated heterocycles. The first-order valence-corrected chi connectivity index (χ1v) is 11.2. The second kappa shape index (κ2) is 7.35. The number of aryl methyl sites for hydroxylation is 1. The molecule has 0 bridgehead atoms. The maximum Gasteiger partial charge on any atom is 0.231 e. The summed E-state index contributed by atoms with van der Waals surface area (Å²) in [4.78, 5) is 24.0. The van der Waals surface area contributed by atoms with Gasteiger partial charge in [-0.1, -0.05) is 40.9 Å². The Labute approximate surface area is 175 Å². The lowest BCUT2D eigenvalue weighted by Crippen LogP contribution is -2.40. The van der Waals surface area contributed by atoms with Gasteiger partial charge in [-0.15, -0.1) is 0 Å². The summed E-state index contributed by atoms with van der Waals surface area (Å²) < 4.78 is 15.9. The minimum absolute atomic E-state index is 0.0151. The molecule has 8 heteroatoms. The number of hydrogen-bond donors (Lipinski definition) is 1. The number of nitrogens with one attached hydrogen (secondary N) is 1. The van der Waals surface area contributed by atoms with Gasteiger partial charge < -0.3 is 10.2 Å². The largest absolute Gasteiger partial charge is 0.347 e. The molecule has 5 rings (SSSR count). The molecule has 29 heavy (non-hydrogen) atoms. The number of amides is 1. The molecule has 2 aromatic heterocycles. The molecule has 5 nitrogen and oxygen atoms in total. The van der Waals surface area contributed by atoms with Crippen molar-refractivity contribution >= 4 is 59.3 Å². The van der Waals surface area contributed by atoms with E-state index in [1.54, 1.807) is 6.07 Å². The van der Waals surface area contributed by atoms with Crippen LogP contribution in [0, 0.1) is 18.7 Å². The SMILES string of the molecule is Cc1cccc2sc(NC(=O)C3CCCN(c4nc5c(F)cccc5s4)C3)nc12. The van der Waals surface area contributed by atoms with E-state index in [0.717, 1.165) is 45.0 Å². The molecule has 3 heterocycles. The summed E-state index contributed by atoms with van der Waals surface area (Å²) in [5, 5.41) is 4.41. The van der Waals surface area contributed by atoms with Crippen LogP contribution in [-0.4, -0.2) is 29.0 Å². The van der Waals surface area contributed by atoms with Gasteiger partial charge in [0.1, 0.15) is 11.3 Å². The van der Waals surface area contributed by atoms with Crippen LogP contribution in [0.15, 0.2) is 36.4 Å². The lowest BCUT2D eigenvalue weighted by atomic mass is 9.97. The minimum Gasteiger partial charge on any atom is -0.347 e. The van der Waals surface area contributed by atoms with Crippen LogP contribution in [0.25, 0.3) is 20.4 Å². The number of para-hydroxylation sites is 2. The smallest absolute Gasteiger partial charge is 0.231 e. The number of halogens is 1. The summed E-state index contributed by atoms with van der Waals surface area (Å²) in [6, 6.07) is 11.0. The number of benzene rings is 2. The minimum atomic E-state index is -0.303. The normalized spacial score (nSPS) is 17.2. The average Bonchev–Trinajstić information content (AvgIpc) is 3.34. The van der Waals surface area contributed by atoms with E-state index < -0.39 is 0 Å². The third kappa shape index (κ3) is 3.47. The predicted octanol–water partition coefficient (Wildman–Crippen LogP) is 5.21. The summed E-state index contributed by atoms with van der Waals surface area (Å²) in [6.45, 7) is 3.43. The number of piperidine rings is 1. The van der Waals surface area contributed by atoms with Gasteiger partial charge in [0, 0.05) is 13.1 Å². The molecule has 148 valence electrons. The zero-order chi connectivity index (χ0) is 20.0. The molecule has 1 atom stereocenters. The third-order valence-electron chi connectivity index (χ3n) is 5.27. The molecule has 1 N–H and O–H groups in total. The van der Waals surface area contributed by atoms with Gasteiger partial charge in [0.25, 0.3) is 0 Å². The van der Waals surface area contributed by atoms with Crippen molar-refractivity contribution < 1.29 is 9.18 Å². The van der Waals surface area contributed by atoms with Crippen molar-refractivity contribution in [1.29, 1.82) is 0 Å². The van der Waals surface area contributed by atoms with Crippen molar-refractivity contribution in [3.8, 4) is 0 Å². The first-order chi connectivity index (χ1) is 14.1. The third-order valence-corrected chi connectivity index (χ3v) is 7.29. The standard InChI is InChI=1S/C21H19FN4OS2/c1-12-5-2-8-15-17(12)23-20(28-15)25-19(27)13-6-4-10-26(11-13)21-24-18-14(22)7-3-9-16(18)29-21/h2-3,5,7-9,13H,4,6,10-11H2,1H3,(H,23,25,27). The van der Waals surface area contributed by atoms with E-state index in [1.807, 2.05) is 31.2 Å². The highest BCUT2D eigenvalue weighted by atomic mass is 32.1. The van der Waals surface area contributed by atoms with E-state index in [9.17, 15) is 9.18 Å². The Kier molecular flexibility index (Phi) is 4.67. The highest BCUT2D eigenvalue weighted by Crippen LogP contribution is 2.33. The summed E-state index contributed by atoms with van der Waals surface area (Å²) in [5.41, 5.74) is 2.45. The monoisotopic (exact) mass is 426 g/mol. The van der Waals surface area contributed by atoms with Gasteiger partial charge in [0.15, 0.2) is 10.3 Å². The fourth-order valence-electron chi connectivity index (χ4n) is 3.75. The Morgan fingerprint density at radius 1 is 1.14 bits per heavy atom. The molecular formula is C21H19FN4OS2. The van der Waals surface area contributed by atoms with Crippen LogP contribution in [0.5, 0.6) is 0 Å². The number of fused-ring (bicyclic) bond motifs is 2. The molecule has 0 aliphatic carbocycles. The average molecular weight is 427 g/mol. The topological polar surface area (TPSA) is 58.1 Å². The maximum absolute atomic E-state index is 14.0. The molecule has 1 amide bonds. The molecule has 1 aliphatic heterocycles. The highest BCUT2D eigenvalue weighted by Gasteiger charge is 2.28. The zero-order valence-corrected chi connectivity index (χ0v) is 17.4. The number of carbonyl (C=O) groups is 1. The molecule has 1 fully saturated rings. The Morgan fingerprint density at radius 2 is 1.93 bits per heavy atom. The van der Waals surface area contributed by atoms with Crippen LogP contribution < -0.4 is 10.2 Å².